The lowest BCUT2D eigenvalue weighted by Gasteiger charge is -2.72. The Morgan fingerprint density at radius 3 is 2.17 bits per heavy atom. The highest BCUT2D eigenvalue weighted by atomic mass is 32.2. The number of thioether (sulfide) groups is 1. The van der Waals surface area contributed by atoms with Gasteiger partial charge in [-0.1, -0.05) is 50.1 Å². The van der Waals surface area contributed by atoms with Crippen molar-refractivity contribution in [2.45, 2.75) is 92.0 Å². The number of sulfone groups is 1. The first-order chi connectivity index (χ1) is 30.2. The molecule has 3 saturated carbocycles. The van der Waals surface area contributed by atoms with Gasteiger partial charge in [0.15, 0.2) is 0 Å². The number of anilines is 2. The van der Waals surface area contributed by atoms with Crippen LogP contribution in [0.5, 0.6) is 0 Å². The minimum Gasteiger partial charge on any atom is -0.380 e. The second-order valence-electron chi connectivity index (χ2n) is 19.7. The number of carbonyl (C=O) groups is 1. The predicted octanol–water partition coefficient (Wildman–Crippen LogP) is 7.79. The van der Waals surface area contributed by atoms with Gasteiger partial charge in [0, 0.05) is 93.4 Å². The van der Waals surface area contributed by atoms with Crippen LogP contribution in [0.25, 0.3) is 0 Å². The van der Waals surface area contributed by atoms with Gasteiger partial charge in [-0.3, -0.25) is 9.69 Å². The molecule has 1 amide bonds. The molecular weight excluding hydrogens is 882 g/mol. The summed E-state index contributed by atoms with van der Waals surface area (Å²) in [6.07, 6.45) is 8.10. The van der Waals surface area contributed by atoms with E-state index in [4.69, 9.17) is 0 Å². The van der Waals surface area contributed by atoms with Gasteiger partial charge in [-0.2, -0.15) is 13.2 Å². The first kappa shape index (κ1) is 46.9. The molecule has 2 heterocycles. The molecule has 1 atom stereocenters. The summed E-state index contributed by atoms with van der Waals surface area (Å²) in [6, 6.07) is 18.0. The highest BCUT2D eigenvalue weighted by molar-refractivity contribution is 7.99. The van der Waals surface area contributed by atoms with Crippen LogP contribution >= 0.6 is 11.8 Å². The number of piperazine rings is 2. The zero-order valence-electron chi connectivity index (χ0n) is 37.0. The number of halogens is 3. The molecule has 348 valence electrons. The van der Waals surface area contributed by atoms with Crippen LogP contribution in [-0.4, -0.2) is 115 Å². The van der Waals surface area contributed by atoms with Crippen LogP contribution in [-0.2, 0) is 19.9 Å². The minimum absolute atomic E-state index is 0.0257. The molecule has 0 unspecified atom stereocenters. The summed E-state index contributed by atoms with van der Waals surface area (Å²) in [4.78, 5) is 19.3. The molecule has 2 bridgehead atoms. The van der Waals surface area contributed by atoms with Gasteiger partial charge in [-0.25, -0.2) is 21.6 Å². The molecule has 4 aliphatic carbocycles. The number of nitrogens with one attached hydrogen (secondary N) is 3. The number of carbonyl (C=O) groups excluding carboxylic acids is 1. The third-order valence-electron chi connectivity index (χ3n) is 14.0. The predicted molar refractivity (Wildman–Crippen MR) is 247 cm³/mol. The van der Waals surface area contributed by atoms with E-state index in [0.717, 1.165) is 81.6 Å². The van der Waals surface area contributed by atoms with Crippen molar-refractivity contribution >= 4 is 48.9 Å². The highest BCUT2D eigenvalue weighted by Crippen LogP contribution is 2.77. The Kier molecular flexibility index (Phi) is 13.4. The number of benzene rings is 3. The molecule has 64 heavy (non-hydrogen) atoms. The third-order valence-corrected chi connectivity index (χ3v) is 18.1. The van der Waals surface area contributed by atoms with Crippen LogP contribution in [0, 0.1) is 16.2 Å². The Balaban J connectivity index is 0.922. The molecular formula is C47H61F3N6O5S3. The van der Waals surface area contributed by atoms with E-state index in [1.165, 1.54) is 62.4 Å². The van der Waals surface area contributed by atoms with Crippen molar-refractivity contribution in [1.82, 2.24) is 19.8 Å². The average molecular weight is 943 g/mol. The number of amides is 1. The van der Waals surface area contributed by atoms with Gasteiger partial charge >= 0.3 is 5.51 Å². The van der Waals surface area contributed by atoms with E-state index in [-0.39, 0.29) is 11.3 Å². The van der Waals surface area contributed by atoms with Crippen LogP contribution in [0.1, 0.15) is 76.1 Å². The maximum absolute atomic E-state index is 14.2. The van der Waals surface area contributed by atoms with Crippen molar-refractivity contribution in [3.8, 4) is 0 Å². The number of rotatable bonds is 16. The Morgan fingerprint density at radius 2 is 1.53 bits per heavy atom. The van der Waals surface area contributed by atoms with E-state index in [9.17, 15) is 34.8 Å². The lowest BCUT2D eigenvalue weighted by atomic mass is 9.33. The van der Waals surface area contributed by atoms with Crippen molar-refractivity contribution in [2.75, 3.05) is 81.4 Å². The van der Waals surface area contributed by atoms with Crippen molar-refractivity contribution in [3.05, 3.63) is 89.5 Å². The lowest BCUT2D eigenvalue weighted by molar-refractivity contribution is -0.167. The maximum Gasteiger partial charge on any atom is 0.501 e. The molecule has 17 heteroatoms. The van der Waals surface area contributed by atoms with E-state index in [1.54, 1.807) is 23.3 Å². The molecule has 9 rings (SSSR count). The molecule has 3 aromatic rings. The van der Waals surface area contributed by atoms with E-state index in [0.29, 0.717) is 41.0 Å². The molecule has 0 spiro atoms. The molecule has 3 N–H and O–H groups in total. The number of hydrogen-bond acceptors (Lipinski definition) is 11. The van der Waals surface area contributed by atoms with E-state index >= 15 is 0 Å². The van der Waals surface area contributed by atoms with Crippen LogP contribution in [0.3, 0.4) is 0 Å². The molecule has 6 aliphatic rings. The maximum atomic E-state index is 14.2. The Hall–Kier alpha value is -3.61. The van der Waals surface area contributed by atoms with E-state index in [1.807, 2.05) is 35.1 Å². The molecule has 5 fully saturated rings. The summed E-state index contributed by atoms with van der Waals surface area (Å²) in [6.45, 7) is 15.5. The molecule has 2 aliphatic heterocycles. The van der Waals surface area contributed by atoms with Gasteiger partial charge in [0.2, 0.25) is 0 Å². The zero-order chi connectivity index (χ0) is 45.5. The summed E-state index contributed by atoms with van der Waals surface area (Å²) in [5.41, 5.74) is -0.411. The normalized spacial score (nSPS) is 24.7. The number of alkyl halides is 3. The lowest BCUT2D eigenvalue weighted by Crippen LogP contribution is -2.61. The smallest absolute Gasteiger partial charge is 0.380 e. The van der Waals surface area contributed by atoms with E-state index in [2.05, 4.69) is 46.1 Å². The fraction of sp³-hybridized carbons (Fsp3) is 0.553. The summed E-state index contributed by atoms with van der Waals surface area (Å²) < 4.78 is 97.8. The fourth-order valence-electron chi connectivity index (χ4n) is 10.7. The Bertz CT molecular complexity index is 2410. The topological polar surface area (TPSA) is 131 Å². The number of sulfonamides is 1. The number of hydrogen-bond donors (Lipinski definition) is 3. The quantitative estimate of drug-likeness (QED) is 0.0962. The first-order valence-electron chi connectivity index (χ1n) is 22.4. The summed E-state index contributed by atoms with van der Waals surface area (Å²) in [5, 5.41) is 6.30. The SMILES string of the molecule is CC1(C)CCC(CN2CCN(c3ccc(C(=O)NS(=O)(=O)c4ccc(N[C@H](CCN5CCNCC5)CSc5ccccc5)c(S(=O)(=O)C(F)(F)F)c4)cc3)CC2)=C(C23CC(C)(C2)C3)C1. The largest absolute Gasteiger partial charge is 0.501 e. The molecule has 0 aromatic heterocycles. The molecule has 3 aromatic carbocycles. The van der Waals surface area contributed by atoms with Gasteiger partial charge in [-0.15, -0.1) is 11.8 Å². The Labute approximate surface area is 381 Å². The number of nitrogens with zero attached hydrogens (tertiary/aromatic N) is 3. The van der Waals surface area contributed by atoms with Crippen LogP contribution in [0.4, 0.5) is 24.5 Å². The second-order valence-corrected chi connectivity index (χ2v) is 24.4. The Morgan fingerprint density at radius 1 is 0.859 bits per heavy atom. The third kappa shape index (κ3) is 10.3. The summed E-state index contributed by atoms with van der Waals surface area (Å²) >= 11 is 1.47. The van der Waals surface area contributed by atoms with Gasteiger partial charge in [-0.05, 0) is 116 Å². The summed E-state index contributed by atoms with van der Waals surface area (Å²) in [5.74, 6) is -0.604. The first-order valence-corrected chi connectivity index (χ1v) is 26.4. The van der Waals surface area contributed by atoms with Gasteiger partial charge in [0.05, 0.1) is 10.6 Å². The minimum atomic E-state index is -6.03. The van der Waals surface area contributed by atoms with Crippen LogP contribution < -0.4 is 20.3 Å². The average Bonchev–Trinajstić information content (AvgIpc) is 3.24. The highest BCUT2D eigenvalue weighted by Gasteiger charge is 2.66. The second kappa shape index (κ2) is 18.2. The molecule has 0 radical (unpaired) electrons. The fourth-order valence-corrected chi connectivity index (χ4v) is 13.7. The van der Waals surface area contributed by atoms with Crippen molar-refractivity contribution < 1.29 is 34.8 Å². The zero-order valence-corrected chi connectivity index (χ0v) is 39.4. The van der Waals surface area contributed by atoms with Crippen LogP contribution in [0.2, 0.25) is 0 Å². The van der Waals surface area contributed by atoms with Gasteiger partial charge in [0.25, 0.3) is 25.8 Å². The van der Waals surface area contributed by atoms with Crippen molar-refractivity contribution in [3.63, 3.8) is 0 Å². The molecule has 2 saturated heterocycles. The van der Waals surface area contributed by atoms with Gasteiger partial charge < -0.3 is 20.4 Å². The van der Waals surface area contributed by atoms with Crippen molar-refractivity contribution in [2.24, 2.45) is 16.2 Å². The van der Waals surface area contributed by atoms with Crippen LogP contribution in [0.15, 0.2) is 98.6 Å². The standard InChI is InChI=1S/C47H61F3N6O5S3/c1-44(2)17-15-35(40(28-44)46-31-45(3,32-46)33-46)29-55-23-25-56(26-24-55)37-11-9-34(10-12-37)43(57)53-64(60,61)39-13-14-41(42(27-39)63(58,59)47(48,49)50)52-36(16-20-54-21-18-51-19-22-54)30-62-38-7-5-4-6-8-38/h4-14,27,36,51-52H,15-26,28-33H2,1-3H3,(H,53,57)/t36-,45?,46?/m1/s1. The van der Waals surface area contributed by atoms with E-state index < -0.39 is 47.1 Å². The summed E-state index contributed by atoms with van der Waals surface area (Å²) in [7, 11) is -10.8. The molecule has 11 nitrogen and oxygen atoms in total. The van der Waals surface area contributed by atoms with Gasteiger partial charge in [0.1, 0.15) is 4.90 Å². The van der Waals surface area contributed by atoms with Crippen molar-refractivity contribution in [1.29, 1.82) is 0 Å². The monoisotopic (exact) mass is 942 g/mol. The number of allylic oxidation sites excluding steroid dienone is 1.